The number of aromatic nitrogens is 2. The molecule has 1 saturated carbocycles. The van der Waals surface area contributed by atoms with E-state index in [-0.39, 0.29) is 11.6 Å². The van der Waals surface area contributed by atoms with E-state index in [4.69, 9.17) is 10.5 Å². The lowest BCUT2D eigenvalue weighted by Gasteiger charge is -2.40. The first-order valence-electron chi connectivity index (χ1n) is 6.96. The van der Waals surface area contributed by atoms with E-state index < -0.39 is 0 Å². The lowest BCUT2D eigenvalue weighted by molar-refractivity contribution is -0.0967. The summed E-state index contributed by atoms with van der Waals surface area (Å²) in [4.78, 5) is 8.58. The lowest BCUT2D eigenvalue weighted by Crippen LogP contribution is -2.41. The number of nitrogens with two attached hydrogens (primary N) is 1. The van der Waals surface area contributed by atoms with Gasteiger partial charge in [0.15, 0.2) is 0 Å². The molecule has 2 N–H and O–H groups in total. The van der Waals surface area contributed by atoms with E-state index in [9.17, 15) is 0 Å². The highest BCUT2D eigenvalue weighted by Crippen LogP contribution is 2.44. The molecule has 1 aliphatic carbocycles. The second-order valence-electron chi connectivity index (χ2n) is 5.62. The predicted molar refractivity (Wildman–Crippen MR) is 68.8 cm³/mol. The summed E-state index contributed by atoms with van der Waals surface area (Å²) in [6.45, 7) is 0.838. The minimum Gasteiger partial charge on any atom is -0.375 e. The monoisotopic (exact) mass is 247 g/mol. The number of nitrogens with zero attached hydrogens (tertiary/aromatic N) is 2. The molecule has 98 valence electrons. The number of hydrogen-bond donors (Lipinski definition) is 1. The molecule has 4 heteroatoms. The van der Waals surface area contributed by atoms with Crippen LogP contribution in [0.2, 0.25) is 0 Å². The van der Waals surface area contributed by atoms with Crippen LogP contribution < -0.4 is 5.73 Å². The van der Waals surface area contributed by atoms with Crippen LogP contribution >= 0.6 is 0 Å². The van der Waals surface area contributed by atoms with Crippen LogP contribution in [0.1, 0.15) is 50.4 Å². The van der Waals surface area contributed by atoms with Crippen LogP contribution in [0.5, 0.6) is 0 Å². The highest BCUT2D eigenvalue weighted by atomic mass is 16.5. The molecule has 1 spiro atoms. The first kappa shape index (κ1) is 12.1. The number of hydrogen-bond acceptors (Lipinski definition) is 4. The summed E-state index contributed by atoms with van der Waals surface area (Å²) in [6.07, 6.45) is 10.6. The van der Waals surface area contributed by atoms with Crippen LogP contribution in [-0.2, 0) is 4.74 Å². The Morgan fingerprint density at radius 2 is 2.00 bits per heavy atom. The maximum Gasteiger partial charge on any atom is 0.145 e. The molecule has 2 fully saturated rings. The van der Waals surface area contributed by atoms with Crippen molar-refractivity contribution in [1.29, 1.82) is 0 Å². The van der Waals surface area contributed by atoms with E-state index in [2.05, 4.69) is 9.97 Å². The summed E-state index contributed by atoms with van der Waals surface area (Å²) in [6, 6.07) is 1.78. The zero-order valence-corrected chi connectivity index (χ0v) is 10.7. The van der Waals surface area contributed by atoms with Crippen molar-refractivity contribution in [3.05, 3.63) is 24.3 Å². The zero-order valence-electron chi connectivity index (χ0n) is 10.7. The largest absolute Gasteiger partial charge is 0.375 e. The summed E-state index contributed by atoms with van der Waals surface area (Å²) in [5.74, 6) is 1.23. The third-order valence-corrected chi connectivity index (χ3v) is 4.44. The van der Waals surface area contributed by atoms with Gasteiger partial charge in [-0.05, 0) is 37.7 Å². The van der Waals surface area contributed by atoms with E-state index in [1.54, 1.807) is 12.4 Å². The van der Waals surface area contributed by atoms with Crippen LogP contribution in [0.15, 0.2) is 18.5 Å². The summed E-state index contributed by atoms with van der Waals surface area (Å²) >= 11 is 0. The summed E-state index contributed by atoms with van der Waals surface area (Å²) in [5.41, 5.74) is 6.46. The topological polar surface area (TPSA) is 61.0 Å². The van der Waals surface area contributed by atoms with Crippen molar-refractivity contribution >= 4 is 0 Å². The number of ether oxygens (including phenoxy) is 1. The van der Waals surface area contributed by atoms with Gasteiger partial charge in [-0.2, -0.15) is 0 Å². The van der Waals surface area contributed by atoms with E-state index >= 15 is 0 Å². The van der Waals surface area contributed by atoms with Gasteiger partial charge in [0.25, 0.3) is 0 Å². The van der Waals surface area contributed by atoms with E-state index in [0.29, 0.717) is 5.92 Å². The molecule has 2 aliphatic rings. The zero-order chi connectivity index (χ0) is 12.4. The van der Waals surface area contributed by atoms with Crippen LogP contribution in [0.25, 0.3) is 0 Å². The fraction of sp³-hybridized carbons (Fsp3) is 0.714. The molecule has 1 aromatic heterocycles. The Morgan fingerprint density at radius 1 is 1.28 bits per heavy atom. The van der Waals surface area contributed by atoms with Gasteiger partial charge >= 0.3 is 0 Å². The maximum atomic E-state index is 6.34. The molecule has 0 radical (unpaired) electrons. The van der Waals surface area contributed by atoms with Crippen molar-refractivity contribution in [3.8, 4) is 0 Å². The average molecular weight is 247 g/mol. The van der Waals surface area contributed by atoms with Gasteiger partial charge in [0.05, 0.1) is 11.6 Å². The van der Waals surface area contributed by atoms with Crippen molar-refractivity contribution in [3.63, 3.8) is 0 Å². The molecule has 18 heavy (non-hydrogen) atoms. The van der Waals surface area contributed by atoms with Crippen molar-refractivity contribution in [2.45, 2.75) is 50.2 Å². The Labute approximate surface area is 108 Å². The van der Waals surface area contributed by atoms with Gasteiger partial charge in [0.1, 0.15) is 5.82 Å². The van der Waals surface area contributed by atoms with Crippen LogP contribution in [-0.4, -0.2) is 22.2 Å². The Bertz CT molecular complexity index is 389. The normalized spacial score (nSPS) is 28.4. The van der Waals surface area contributed by atoms with E-state index in [0.717, 1.165) is 25.3 Å². The minimum atomic E-state index is -0.0485. The molecule has 0 aromatic carbocycles. The first-order valence-corrected chi connectivity index (χ1v) is 6.96. The molecular formula is C14H21N3O. The smallest absolute Gasteiger partial charge is 0.145 e. The molecule has 4 nitrogen and oxygen atoms in total. The first-order chi connectivity index (χ1) is 8.79. The average Bonchev–Trinajstić information content (AvgIpc) is 2.87. The van der Waals surface area contributed by atoms with Crippen molar-refractivity contribution < 1.29 is 4.74 Å². The van der Waals surface area contributed by atoms with Gasteiger partial charge in [-0.1, -0.05) is 12.8 Å². The second-order valence-corrected chi connectivity index (χ2v) is 5.62. The van der Waals surface area contributed by atoms with E-state index in [1.807, 2.05) is 6.07 Å². The third-order valence-electron chi connectivity index (χ3n) is 4.44. The van der Waals surface area contributed by atoms with Crippen molar-refractivity contribution in [2.24, 2.45) is 11.7 Å². The van der Waals surface area contributed by atoms with Gasteiger partial charge in [-0.3, -0.25) is 0 Å². The molecule has 1 saturated heterocycles. The van der Waals surface area contributed by atoms with Crippen LogP contribution in [0, 0.1) is 5.92 Å². The molecule has 1 aromatic rings. The van der Waals surface area contributed by atoms with Gasteiger partial charge in [-0.15, -0.1) is 0 Å². The predicted octanol–water partition coefficient (Wildman–Crippen LogP) is 2.22. The highest BCUT2D eigenvalue weighted by Gasteiger charge is 2.41. The lowest BCUT2D eigenvalue weighted by atomic mass is 9.80. The highest BCUT2D eigenvalue weighted by molar-refractivity contribution is 5.01. The van der Waals surface area contributed by atoms with Gasteiger partial charge in [0, 0.05) is 19.0 Å². The Morgan fingerprint density at radius 3 is 2.72 bits per heavy atom. The Kier molecular flexibility index (Phi) is 3.31. The fourth-order valence-corrected chi connectivity index (χ4v) is 3.43. The number of rotatable bonds is 2. The minimum absolute atomic E-state index is 0.0485. The fourth-order valence-electron chi connectivity index (χ4n) is 3.43. The standard InChI is InChI=1S/C14H21N3O/c15-12(13-16-7-3-8-17-13)11-4-9-18-14(10-11)5-1-2-6-14/h3,7-8,11-12H,1-2,4-6,9-10,15H2. The molecule has 2 unspecified atom stereocenters. The molecule has 2 atom stereocenters. The maximum absolute atomic E-state index is 6.34. The second kappa shape index (κ2) is 4.94. The van der Waals surface area contributed by atoms with Crippen molar-refractivity contribution in [1.82, 2.24) is 9.97 Å². The third kappa shape index (κ3) is 2.27. The summed E-state index contributed by atoms with van der Waals surface area (Å²) in [5, 5.41) is 0. The summed E-state index contributed by atoms with van der Waals surface area (Å²) in [7, 11) is 0. The molecule has 2 heterocycles. The SMILES string of the molecule is NC(c1ncccn1)C1CCOC2(CCCC2)C1. The van der Waals surface area contributed by atoms with Crippen molar-refractivity contribution in [2.75, 3.05) is 6.61 Å². The molecule has 1 aliphatic heterocycles. The molecule has 0 bridgehead atoms. The van der Waals surface area contributed by atoms with Gasteiger partial charge in [0.2, 0.25) is 0 Å². The summed E-state index contributed by atoms with van der Waals surface area (Å²) < 4.78 is 6.05. The van der Waals surface area contributed by atoms with Gasteiger partial charge < -0.3 is 10.5 Å². The Balaban J connectivity index is 1.72. The van der Waals surface area contributed by atoms with E-state index in [1.165, 1.54) is 25.7 Å². The Hall–Kier alpha value is -1.00. The van der Waals surface area contributed by atoms with Crippen LogP contribution in [0.4, 0.5) is 0 Å². The van der Waals surface area contributed by atoms with Crippen LogP contribution in [0.3, 0.4) is 0 Å². The molecule has 0 amide bonds. The quantitative estimate of drug-likeness (QED) is 0.870. The molecular weight excluding hydrogens is 226 g/mol. The van der Waals surface area contributed by atoms with Gasteiger partial charge in [-0.25, -0.2) is 9.97 Å². The molecule has 3 rings (SSSR count).